The highest BCUT2D eigenvalue weighted by atomic mass is 35.5. The van der Waals surface area contributed by atoms with Gasteiger partial charge in [0.2, 0.25) is 0 Å². The molecule has 8 heteroatoms. The van der Waals surface area contributed by atoms with E-state index in [4.69, 9.17) is 23.2 Å². The van der Waals surface area contributed by atoms with Crippen molar-refractivity contribution in [2.45, 2.75) is 13.3 Å². The summed E-state index contributed by atoms with van der Waals surface area (Å²) in [5, 5.41) is 4.27. The van der Waals surface area contributed by atoms with Crippen LogP contribution in [-0.4, -0.2) is 60.0 Å². The summed E-state index contributed by atoms with van der Waals surface area (Å²) in [6.45, 7) is 7.26. The van der Waals surface area contributed by atoms with Crippen molar-refractivity contribution >= 4 is 34.8 Å². The Labute approximate surface area is 198 Å². The van der Waals surface area contributed by atoms with Gasteiger partial charge in [-0.25, -0.2) is 0 Å². The first kappa shape index (κ1) is 22.6. The van der Waals surface area contributed by atoms with Crippen molar-refractivity contribution in [3.8, 4) is 11.3 Å². The van der Waals surface area contributed by atoms with Crippen molar-refractivity contribution in [1.82, 2.24) is 20.2 Å². The van der Waals surface area contributed by atoms with Gasteiger partial charge < -0.3 is 15.2 Å². The molecule has 0 saturated carbocycles. The highest BCUT2D eigenvalue weighted by Gasteiger charge is 2.19. The van der Waals surface area contributed by atoms with E-state index in [0.29, 0.717) is 22.2 Å². The van der Waals surface area contributed by atoms with Gasteiger partial charge in [0.25, 0.3) is 5.91 Å². The van der Waals surface area contributed by atoms with E-state index >= 15 is 0 Å². The molecule has 2 aromatic heterocycles. The van der Waals surface area contributed by atoms with E-state index in [9.17, 15) is 4.79 Å². The fourth-order valence-electron chi connectivity index (χ4n) is 4.03. The maximum atomic E-state index is 12.6. The second-order valence-electron chi connectivity index (χ2n) is 7.97. The van der Waals surface area contributed by atoms with Gasteiger partial charge >= 0.3 is 0 Å². The molecule has 1 saturated heterocycles. The van der Waals surface area contributed by atoms with Gasteiger partial charge in [-0.05, 0) is 50.2 Å². The zero-order valence-electron chi connectivity index (χ0n) is 18.1. The maximum Gasteiger partial charge on any atom is 0.253 e. The van der Waals surface area contributed by atoms with Gasteiger partial charge in [-0.3, -0.25) is 14.7 Å². The third-order valence-electron chi connectivity index (χ3n) is 5.83. The van der Waals surface area contributed by atoms with Crippen LogP contribution in [-0.2, 0) is 0 Å². The number of rotatable bonds is 7. The number of hydrogen-bond donors (Lipinski definition) is 2. The molecule has 0 atom stereocenters. The average Bonchev–Trinajstić information content (AvgIpc) is 3.21. The molecule has 6 nitrogen and oxygen atoms in total. The molecular weight excluding hydrogens is 445 g/mol. The first-order chi connectivity index (χ1) is 15.5. The molecule has 1 aliphatic rings. The number of aryl methyl sites for hydroxylation is 1. The number of aromatic amines is 1. The molecule has 3 heterocycles. The standard InChI is InChI=1S/C24H27Cl2N5O/c1-17-19(16-21(29-17)18-6-9-27-10-7-18)24(32)28-8-3-11-30-12-14-31(15-13-30)22-5-2-4-20(25)23(22)26/h2,4-7,9-10,16,29H,3,8,11-15H2,1H3,(H,28,32). The Morgan fingerprint density at radius 3 is 2.62 bits per heavy atom. The number of halogens is 2. The fourth-order valence-corrected chi connectivity index (χ4v) is 4.44. The van der Waals surface area contributed by atoms with Gasteiger partial charge in [0.05, 0.1) is 21.3 Å². The van der Waals surface area contributed by atoms with Gasteiger partial charge in [0, 0.05) is 62.1 Å². The summed E-state index contributed by atoms with van der Waals surface area (Å²) in [5.74, 6) is -0.0422. The number of anilines is 1. The smallest absolute Gasteiger partial charge is 0.253 e. The highest BCUT2D eigenvalue weighted by Crippen LogP contribution is 2.32. The molecule has 4 rings (SSSR count). The van der Waals surface area contributed by atoms with Crippen molar-refractivity contribution in [3.05, 3.63) is 70.1 Å². The molecule has 32 heavy (non-hydrogen) atoms. The third-order valence-corrected chi connectivity index (χ3v) is 6.64. The lowest BCUT2D eigenvalue weighted by Crippen LogP contribution is -2.47. The minimum Gasteiger partial charge on any atom is -0.368 e. The third kappa shape index (κ3) is 5.26. The summed E-state index contributed by atoms with van der Waals surface area (Å²) < 4.78 is 0. The second-order valence-corrected chi connectivity index (χ2v) is 8.75. The number of pyridine rings is 1. The van der Waals surface area contributed by atoms with Crippen molar-refractivity contribution in [3.63, 3.8) is 0 Å². The van der Waals surface area contributed by atoms with Crippen molar-refractivity contribution in [1.29, 1.82) is 0 Å². The fraction of sp³-hybridized carbons (Fsp3) is 0.333. The highest BCUT2D eigenvalue weighted by molar-refractivity contribution is 6.43. The van der Waals surface area contributed by atoms with Crippen LogP contribution in [0.15, 0.2) is 48.8 Å². The number of nitrogens with one attached hydrogen (secondary N) is 2. The first-order valence-corrected chi connectivity index (χ1v) is 11.6. The van der Waals surface area contributed by atoms with Crippen molar-refractivity contribution < 1.29 is 4.79 Å². The number of carbonyl (C=O) groups excluding carboxylic acids is 1. The van der Waals surface area contributed by atoms with Crippen LogP contribution < -0.4 is 10.2 Å². The molecule has 168 valence electrons. The minimum absolute atomic E-state index is 0.0422. The summed E-state index contributed by atoms with van der Waals surface area (Å²) in [4.78, 5) is 24.7. The van der Waals surface area contributed by atoms with E-state index in [1.54, 1.807) is 12.4 Å². The van der Waals surface area contributed by atoms with E-state index in [1.165, 1.54) is 0 Å². The largest absolute Gasteiger partial charge is 0.368 e. The predicted octanol–water partition coefficient (Wildman–Crippen LogP) is 4.63. The van der Waals surface area contributed by atoms with Gasteiger partial charge in [0.15, 0.2) is 0 Å². The lowest BCUT2D eigenvalue weighted by molar-refractivity contribution is 0.0951. The SMILES string of the molecule is Cc1[nH]c(-c2ccncc2)cc1C(=O)NCCCN1CCN(c2cccc(Cl)c2Cl)CC1. The number of H-pyrrole nitrogens is 1. The first-order valence-electron chi connectivity index (χ1n) is 10.8. The van der Waals surface area contributed by atoms with Crippen LogP contribution in [0.5, 0.6) is 0 Å². The number of benzene rings is 1. The second kappa shape index (κ2) is 10.4. The van der Waals surface area contributed by atoms with Crippen LogP contribution in [0.4, 0.5) is 5.69 Å². The molecule has 3 aromatic rings. The Morgan fingerprint density at radius 2 is 1.88 bits per heavy atom. The Balaban J connectivity index is 1.21. The van der Waals surface area contributed by atoms with E-state index in [1.807, 2.05) is 43.3 Å². The van der Waals surface area contributed by atoms with Crippen LogP contribution >= 0.6 is 23.2 Å². The van der Waals surface area contributed by atoms with Crippen LogP contribution in [0.3, 0.4) is 0 Å². The normalized spacial score (nSPS) is 14.5. The summed E-state index contributed by atoms with van der Waals surface area (Å²) >= 11 is 12.5. The van der Waals surface area contributed by atoms with E-state index in [-0.39, 0.29) is 5.91 Å². The Kier molecular flexibility index (Phi) is 7.35. The zero-order valence-corrected chi connectivity index (χ0v) is 19.6. The monoisotopic (exact) mass is 471 g/mol. The number of amides is 1. The molecule has 1 aromatic carbocycles. The molecule has 0 radical (unpaired) electrons. The number of nitrogens with zero attached hydrogens (tertiary/aromatic N) is 3. The Morgan fingerprint density at radius 1 is 1.12 bits per heavy atom. The quantitative estimate of drug-likeness (QED) is 0.492. The number of piperazine rings is 1. The van der Waals surface area contributed by atoms with E-state index in [0.717, 1.165) is 61.8 Å². The molecule has 0 spiro atoms. The lowest BCUT2D eigenvalue weighted by Gasteiger charge is -2.36. The van der Waals surface area contributed by atoms with E-state index < -0.39 is 0 Å². The predicted molar refractivity (Wildman–Crippen MR) is 131 cm³/mol. The summed E-state index contributed by atoms with van der Waals surface area (Å²) in [6.07, 6.45) is 4.40. The van der Waals surface area contributed by atoms with Gasteiger partial charge in [0.1, 0.15) is 0 Å². The van der Waals surface area contributed by atoms with Gasteiger partial charge in [-0.2, -0.15) is 0 Å². The van der Waals surface area contributed by atoms with Crippen molar-refractivity contribution in [2.75, 3.05) is 44.2 Å². The van der Waals surface area contributed by atoms with Crippen LogP contribution in [0.25, 0.3) is 11.3 Å². The lowest BCUT2D eigenvalue weighted by atomic mass is 10.1. The van der Waals surface area contributed by atoms with Gasteiger partial charge in [-0.1, -0.05) is 29.3 Å². The topological polar surface area (TPSA) is 64.3 Å². The van der Waals surface area contributed by atoms with E-state index in [2.05, 4.69) is 25.1 Å². The summed E-state index contributed by atoms with van der Waals surface area (Å²) in [5.41, 5.74) is 4.49. The number of hydrogen-bond acceptors (Lipinski definition) is 4. The summed E-state index contributed by atoms with van der Waals surface area (Å²) in [7, 11) is 0. The van der Waals surface area contributed by atoms with Crippen molar-refractivity contribution in [2.24, 2.45) is 0 Å². The Bertz CT molecular complexity index is 1060. The minimum atomic E-state index is -0.0422. The molecule has 2 N–H and O–H groups in total. The van der Waals surface area contributed by atoms with Crippen LogP contribution in [0, 0.1) is 6.92 Å². The molecule has 1 aliphatic heterocycles. The van der Waals surface area contributed by atoms with Gasteiger partial charge in [-0.15, -0.1) is 0 Å². The molecule has 0 unspecified atom stereocenters. The molecule has 0 aliphatic carbocycles. The van der Waals surface area contributed by atoms with Crippen LogP contribution in [0.1, 0.15) is 22.5 Å². The molecule has 1 fully saturated rings. The van der Waals surface area contributed by atoms with Crippen LogP contribution in [0.2, 0.25) is 10.0 Å². The Hall–Kier alpha value is -2.54. The number of aromatic nitrogens is 2. The molecular formula is C24H27Cl2N5O. The molecule has 1 amide bonds. The zero-order chi connectivity index (χ0) is 22.5. The maximum absolute atomic E-state index is 12.6. The molecule has 0 bridgehead atoms. The summed E-state index contributed by atoms with van der Waals surface area (Å²) in [6, 6.07) is 11.5. The number of carbonyl (C=O) groups is 1. The average molecular weight is 472 g/mol.